The molecule has 0 saturated carbocycles. The van der Waals surface area contributed by atoms with Crippen LogP contribution in [0.1, 0.15) is 277 Å². The first-order valence-corrected chi connectivity index (χ1v) is 40.8. The fourth-order valence-electron chi connectivity index (χ4n) is 13.0. The summed E-state index contributed by atoms with van der Waals surface area (Å²) < 4.78 is 34.4. The van der Waals surface area contributed by atoms with Crippen LogP contribution in [0.4, 0.5) is 0 Å². The number of nitrogens with one attached hydrogen (secondary N) is 1. The number of carbonyl (C=O) groups excluding carboxylic acids is 1. The number of aliphatic hydroxyl groups is 11. The van der Waals surface area contributed by atoms with Crippen LogP contribution in [0.5, 0.6) is 0 Å². The summed E-state index contributed by atoms with van der Waals surface area (Å²) in [6, 6.07) is -0.990. The molecule has 598 valence electrons. The molecule has 3 aliphatic heterocycles. The van der Waals surface area contributed by atoms with Crippen molar-refractivity contribution in [3.8, 4) is 0 Å². The minimum Gasteiger partial charge on any atom is -0.394 e. The van der Waals surface area contributed by atoms with Crippen molar-refractivity contribution in [3.63, 3.8) is 0 Å². The zero-order valence-electron chi connectivity index (χ0n) is 64.0. The van der Waals surface area contributed by atoms with Crippen molar-refractivity contribution in [2.24, 2.45) is 0 Å². The molecule has 17 atom stereocenters. The molecule has 0 bridgehead atoms. The standard InChI is InChI=1S/C85H145NO18/c1-3-5-7-9-11-13-15-17-19-21-23-25-27-29-30-31-32-33-34-35-36-37-38-39-41-43-45-47-49-51-53-55-57-59-61-63-73(91)86-68(69(90)62-60-58-56-54-52-50-48-46-44-42-40-28-26-24-22-20-18-16-14-12-10-8-6-4-2)67-99-83-79(97)76(94)81(71(65-88)101-83)104-85-80(98)77(95)82(72(66-89)102-85)103-84-78(96)75(93)74(92)70(64-87)100-84/h5,7,11,13,17,19,23,25,29-30,32-33,35-36,38-39,43,45,60,62,68-72,74-85,87-90,92-98H,3-4,6,8-10,12,14-16,18,20-22,24,26-28,31,34,37,40-42,44,46-59,61,63-67H2,1-2H3,(H,86,91)/b7-5-,13-11-,19-17-,25-23-,30-29-,33-32-,36-35-,39-38-,45-43-,62-60+. The van der Waals surface area contributed by atoms with E-state index in [1.807, 2.05) is 6.08 Å². The SMILES string of the molecule is CC/C=C\C/C=C\C/C=C\C/C=C\C/C=C\C/C=C\C/C=C\C/C=C\C/C=C\CCCCCCCCCC(=O)NC(COC1OC(CO)C(OC2OC(CO)C(OC3OC(CO)C(O)C(O)C3O)C(O)C2O)C(O)C1O)C(O)/C=C/CCCCCCCCCCCCCCCCCCCCCCCC. The Hall–Kier alpha value is -3.81. The van der Waals surface area contributed by atoms with E-state index in [-0.39, 0.29) is 18.9 Å². The van der Waals surface area contributed by atoms with Gasteiger partial charge in [0, 0.05) is 6.42 Å². The molecule has 0 aliphatic carbocycles. The molecule has 0 aromatic rings. The van der Waals surface area contributed by atoms with Crippen molar-refractivity contribution in [1.82, 2.24) is 5.32 Å². The van der Waals surface area contributed by atoms with Gasteiger partial charge >= 0.3 is 0 Å². The Morgan fingerprint density at radius 3 is 1.04 bits per heavy atom. The molecule has 3 heterocycles. The molecule has 19 heteroatoms. The lowest BCUT2D eigenvalue weighted by molar-refractivity contribution is -0.379. The molecule has 12 N–H and O–H groups in total. The van der Waals surface area contributed by atoms with E-state index in [4.69, 9.17) is 28.4 Å². The molecule has 19 nitrogen and oxygen atoms in total. The molecule has 0 spiro atoms. The highest BCUT2D eigenvalue weighted by atomic mass is 16.8. The second-order valence-corrected chi connectivity index (χ2v) is 28.5. The number of amides is 1. The van der Waals surface area contributed by atoms with Gasteiger partial charge in [-0.25, -0.2) is 0 Å². The van der Waals surface area contributed by atoms with Crippen LogP contribution in [-0.4, -0.2) is 193 Å². The average molecular weight is 1470 g/mol. The number of hydrogen-bond acceptors (Lipinski definition) is 18. The summed E-state index contributed by atoms with van der Waals surface area (Å²) in [4.78, 5) is 13.5. The molecule has 0 aromatic carbocycles. The van der Waals surface area contributed by atoms with Crippen molar-refractivity contribution in [1.29, 1.82) is 0 Å². The maximum absolute atomic E-state index is 13.5. The summed E-state index contributed by atoms with van der Waals surface area (Å²) in [5, 5.41) is 121. The van der Waals surface area contributed by atoms with Gasteiger partial charge in [-0.05, 0) is 89.9 Å². The van der Waals surface area contributed by atoms with Crippen molar-refractivity contribution >= 4 is 5.91 Å². The molecule has 0 aromatic heterocycles. The Balaban J connectivity index is 1.38. The van der Waals surface area contributed by atoms with Gasteiger partial charge in [0.05, 0.1) is 38.6 Å². The maximum Gasteiger partial charge on any atom is 0.220 e. The molecule has 0 radical (unpaired) electrons. The number of rotatable bonds is 63. The average Bonchev–Trinajstić information content (AvgIpc) is 0.783. The molecular weight excluding hydrogens is 1320 g/mol. The van der Waals surface area contributed by atoms with Crippen LogP contribution in [0.3, 0.4) is 0 Å². The summed E-state index contributed by atoms with van der Waals surface area (Å²) in [5.41, 5.74) is 0. The van der Waals surface area contributed by atoms with Crippen molar-refractivity contribution in [2.45, 2.75) is 381 Å². The Kier molecular flexibility index (Phi) is 58.1. The van der Waals surface area contributed by atoms with Crippen LogP contribution in [0.15, 0.2) is 122 Å². The van der Waals surface area contributed by atoms with E-state index in [1.54, 1.807) is 6.08 Å². The highest BCUT2D eigenvalue weighted by Gasteiger charge is 2.54. The van der Waals surface area contributed by atoms with Crippen molar-refractivity contribution < 1.29 is 89.4 Å². The zero-order valence-corrected chi connectivity index (χ0v) is 64.0. The number of hydrogen-bond donors (Lipinski definition) is 12. The number of allylic oxidation sites excluding steroid dienone is 19. The summed E-state index contributed by atoms with van der Waals surface area (Å²) >= 11 is 0. The van der Waals surface area contributed by atoms with Crippen LogP contribution in [0.25, 0.3) is 0 Å². The zero-order chi connectivity index (χ0) is 75.3. The number of unbranched alkanes of at least 4 members (excludes halogenated alkanes) is 29. The molecule has 3 saturated heterocycles. The monoisotopic (exact) mass is 1470 g/mol. The van der Waals surface area contributed by atoms with E-state index < -0.39 is 124 Å². The van der Waals surface area contributed by atoms with Gasteiger partial charge in [-0.3, -0.25) is 4.79 Å². The van der Waals surface area contributed by atoms with Gasteiger partial charge in [-0.1, -0.05) is 302 Å². The third-order valence-electron chi connectivity index (χ3n) is 19.5. The van der Waals surface area contributed by atoms with Crippen LogP contribution < -0.4 is 5.32 Å². The summed E-state index contributed by atoms with van der Waals surface area (Å²) in [7, 11) is 0. The molecule has 1 amide bonds. The normalized spacial score (nSPS) is 26.6. The van der Waals surface area contributed by atoms with Crippen molar-refractivity contribution in [2.75, 3.05) is 26.4 Å². The summed E-state index contributed by atoms with van der Waals surface area (Å²) in [6.07, 6.45) is 63.1. The lowest BCUT2D eigenvalue weighted by Gasteiger charge is -2.48. The Bertz CT molecular complexity index is 2350. The lowest BCUT2D eigenvalue weighted by Crippen LogP contribution is -2.66. The fraction of sp³-hybridized carbons (Fsp3) is 0.753. The second kappa shape index (κ2) is 64.1. The molecule has 104 heavy (non-hydrogen) atoms. The summed E-state index contributed by atoms with van der Waals surface area (Å²) in [5.74, 6) is -0.289. The third-order valence-corrected chi connectivity index (χ3v) is 19.5. The Morgan fingerprint density at radius 2 is 0.663 bits per heavy atom. The van der Waals surface area contributed by atoms with Gasteiger partial charge in [0.1, 0.15) is 73.2 Å². The van der Waals surface area contributed by atoms with Gasteiger partial charge in [-0.15, -0.1) is 0 Å². The number of ether oxygens (including phenoxy) is 6. The first-order chi connectivity index (χ1) is 50.8. The Labute approximate surface area is 627 Å². The largest absolute Gasteiger partial charge is 0.394 e. The van der Waals surface area contributed by atoms with E-state index in [9.17, 15) is 61.0 Å². The molecule has 17 unspecified atom stereocenters. The predicted molar refractivity (Wildman–Crippen MR) is 415 cm³/mol. The Morgan fingerprint density at radius 1 is 0.356 bits per heavy atom. The second-order valence-electron chi connectivity index (χ2n) is 28.5. The van der Waals surface area contributed by atoms with Crippen LogP contribution in [0, 0.1) is 0 Å². The summed E-state index contributed by atoms with van der Waals surface area (Å²) in [6.45, 7) is 1.63. The minimum atomic E-state index is -1.99. The van der Waals surface area contributed by atoms with Gasteiger partial charge < -0.3 is 89.9 Å². The number of aliphatic hydroxyl groups excluding tert-OH is 11. The van der Waals surface area contributed by atoms with Gasteiger partial charge in [0.25, 0.3) is 0 Å². The highest BCUT2D eigenvalue weighted by molar-refractivity contribution is 5.76. The maximum atomic E-state index is 13.5. The molecule has 3 aliphatic rings. The predicted octanol–water partition coefficient (Wildman–Crippen LogP) is 13.9. The lowest BCUT2D eigenvalue weighted by atomic mass is 9.96. The molecule has 3 rings (SSSR count). The third kappa shape index (κ3) is 43.4. The number of carbonyl (C=O) groups is 1. The highest BCUT2D eigenvalue weighted by Crippen LogP contribution is 2.33. The van der Waals surface area contributed by atoms with Crippen LogP contribution in [0.2, 0.25) is 0 Å². The fourth-order valence-corrected chi connectivity index (χ4v) is 13.0. The van der Waals surface area contributed by atoms with E-state index in [2.05, 4.69) is 129 Å². The molecule has 3 fully saturated rings. The van der Waals surface area contributed by atoms with Gasteiger partial charge in [0.15, 0.2) is 18.9 Å². The first kappa shape index (κ1) is 94.4. The van der Waals surface area contributed by atoms with Gasteiger partial charge in [0.2, 0.25) is 5.91 Å². The van der Waals surface area contributed by atoms with Gasteiger partial charge in [-0.2, -0.15) is 0 Å². The van der Waals surface area contributed by atoms with Crippen LogP contribution >= 0.6 is 0 Å². The molecular formula is C85H145NO18. The minimum absolute atomic E-state index is 0.223. The topological polar surface area (TPSA) is 307 Å². The van der Waals surface area contributed by atoms with Crippen LogP contribution in [-0.2, 0) is 33.2 Å². The quantitative estimate of drug-likeness (QED) is 0.0199. The van der Waals surface area contributed by atoms with E-state index in [0.29, 0.717) is 6.42 Å². The smallest absolute Gasteiger partial charge is 0.220 e. The van der Waals surface area contributed by atoms with E-state index in [1.165, 1.54) is 122 Å². The van der Waals surface area contributed by atoms with E-state index in [0.717, 1.165) is 128 Å². The van der Waals surface area contributed by atoms with Crippen molar-refractivity contribution in [3.05, 3.63) is 122 Å². The first-order valence-electron chi connectivity index (χ1n) is 40.8. The van der Waals surface area contributed by atoms with E-state index >= 15 is 0 Å².